The molecular formula is C14H20ClNO. The summed E-state index contributed by atoms with van der Waals surface area (Å²) in [6, 6.07) is 8.24. The van der Waals surface area contributed by atoms with E-state index in [0.717, 1.165) is 5.69 Å². The highest BCUT2D eigenvalue weighted by atomic mass is 35.5. The number of alkyl halides is 1. The second-order valence-electron chi connectivity index (χ2n) is 3.99. The summed E-state index contributed by atoms with van der Waals surface area (Å²) in [6.07, 6.45) is 0. The fourth-order valence-electron chi connectivity index (χ4n) is 2.22. The first-order chi connectivity index (χ1) is 8.16. The van der Waals surface area contributed by atoms with Gasteiger partial charge in [0.2, 0.25) is 5.91 Å². The highest BCUT2D eigenvalue weighted by Gasteiger charge is 2.35. The van der Waals surface area contributed by atoms with Crippen molar-refractivity contribution in [3.05, 3.63) is 29.8 Å². The molecule has 0 aromatic heterocycles. The quantitative estimate of drug-likeness (QED) is 0.698. The molecule has 17 heavy (non-hydrogen) atoms. The predicted octanol–water partition coefficient (Wildman–Crippen LogP) is 3.79. The maximum atomic E-state index is 11.7. The van der Waals surface area contributed by atoms with Gasteiger partial charge in [0.15, 0.2) is 0 Å². The van der Waals surface area contributed by atoms with Gasteiger partial charge in [-0.3, -0.25) is 4.79 Å². The molecule has 0 saturated heterocycles. The van der Waals surface area contributed by atoms with Gasteiger partial charge in [-0.05, 0) is 18.6 Å². The lowest BCUT2D eigenvalue weighted by molar-refractivity contribution is -0.116. The van der Waals surface area contributed by atoms with Crippen molar-refractivity contribution in [2.45, 2.75) is 39.7 Å². The Balaban J connectivity index is 0.000000686. The van der Waals surface area contributed by atoms with E-state index in [2.05, 4.69) is 19.9 Å². The van der Waals surface area contributed by atoms with E-state index in [1.165, 1.54) is 5.56 Å². The maximum absolute atomic E-state index is 11.7. The molecule has 2 unspecified atom stereocenters. The third-order valence-electron chi connectivity index (χ3n) is 3.20. The predicted molar refractivity (Wildman–Crippen MR) is 73.9 cm³/mol. The second kappa shape index (κ2) is 6.06. The van der Waals surface area contributed by atoms with Gasteiger partial charge in [-0.2, -0.15) is 0 Å². The van der Waals surface area contributed by atoms with Crippen LogP contribution in [0.4, 0.5) is 5.69 Å². The lowest BCUT2D eigenvalue weighted by Crippen LogP contribution is -2.37. The lowest BCUT2D eigenvalue weighted by Gasteiger charge is -2.23. The Kier molecular flexibility index (Phi) is 5.01. The number of halogens is 1. The number of carbonyl (C=O) groups excluding carboxylic acids is 1. The van der Waals surface area contributed by atoms with Crippen LogP contribution in [-0.4, -0.2) is 17.8 Å². The molecule has 0 aliphatic carbocycles. The summed E-state index contributed by atoms with van der Waals surface area (Å²) in [6.45, 7) is 8.21. The van der Waals surface area contributed by atoms with Crippen LogP contribution in [0.25, 0.3) is 0 Å². The number of amides is 1. The minimum atomic E-state index is -0.0130. The standard InChI is InChI=1S/C12H14ClNO.C2H6/c1-8-9(2)14(12(15)7-13)11-6-4-3-5-10(8)11;1-2/h3-6,8-9H,7H2,1-2H3;1-2H3. The molecule has 1 heterocycles. The van der Waals surface area contributed by atoms with Crippen LogP contribution in [0.3, 0.4) is 0 Å². The summed E-state index contributed by atoms with van der Waals surface area (Å²) in [7, 11) is 0. The van der Waals surface area contributed by atoms with Crippen LogP contribution >= 0.6 is 11.6 Å². The normalized spacial score (nSPS) is 21.6. The molecule has 0 bridgehead atoms. The topological polar surface area (TPSA) is 20.3 Å². The van der Waals surface area contributed by atoms with Crippen molar-refractivity contribution in [3.8, 4) is 0 Å². The zero-order valence-corrected chi connectivity index (χ0v) is 11.7. The monoisotopic (exact) mass is 253 g/mol. The van der Waals surface area contributed by atoms with Crippen LogP contribution in [0.5, 0.6) is 0 Å². The van der Waals surface area contributed by atoms with Gasteiger partial charge in [-0.1, -0.05) is 39.0 Å². The van der Waals surface area contributed by atoms with Crippen LogP contribution in [0.2, 0.25) is 0 Å². The van der Waals surface area contributed by atoms with E-state index in [4.69, 9.17) is 11.6 Å². The largest absolute Gasteiger partial charge is 0.308 e. The summed E-state index contributed by atoms with van der Waals surface area (Å²) < 4.78 is 0. The summed E-state index contributed by atoms with van der Waals surface area (Å²) in [5, 5.41) is 0. The van der Waals surface area contributed by atoms with E-state index >= 15 is 0 Å². The van der Waals surface area contributed by atoms with E-state index in [1.54, 1.807) is 0 Å². The molecule has 1 aliphatic heterocycles. The summed E-state index contributed by atoms with van der Waals surface area (Å²) in [5.74, 6) is 0.417. The van der Waals surface area contributed by atoms with Crippen LogP contribution in [0, 0.1) is 0 Å². The first kappa shape index (κ1) is 14.0. The fourth-order valence-corrected chi connectivity index (χ4v) is 2.35. The van der Waals surface area contributed by atoms with Gasteiger partial charge in [-0.25, -0.2) is 0 Å². The summed E-state index contributed by atoms with van der Waals surface area (Å²) in [4.78, 5) is 13.5. The number of nitrogens with zero attached hydrogens (tertiary/aromatic N) is 1. The molecule has 0 N–H and O–H groups in total. The number of carbonyl (C=O) groups is 1. The number of fused-ring (bicyclic) bond motifs is 1. The minimum Gasteiger partial charge on any atom is -0.308 e. The van der Waals surface area contributed by atoms with Crippen molar-refractivity contribution >= 4 is 23.2 Å². The Morgan fingerprint density at radius 3 is 2.47 bits per heavy atom. The molecule has 1 aromatic rings. The van der Waals surface area contributed by atoms with Gasteiger partial charge in [0, 0.05) is 17.6 Å². The van der Waals surface area contributed by atoms with E-state index < -0.39 is 0 Å². The number of hydrogen-bond donors (Lipinski definition) is 0. The third kappa shape index (κ3) is 2.47. The van der Waals surface area contributed by atoms with E-state index in [9.17, 15) is 4.79 Å². The average Bonchev–Trinajstić information content (AvgIpc) is 2.64. The summed E-state index contributed by atoms with van der Waals surface area (Å²) >= 11 is 5.62. The zero-order valence-electron chi connectivity index (χ0n) is 10.9. The summed E-state index contributed by atoms with van der Waals surface area (Å²) in [5.41, 5.74) is 2.26. The van der Waals surface area contributed by atoms with E-state index in [0.29, 0.717) is 5.92 Å². The van der Waals surface area contributed by atoms with Crippen LogP contribution < -0.4 is 4.90 Å². The zero-order chi connectivity index (χ0) is 13.0. The first-order valence-electron chi connectivity index (χ1n) is 6.13. The van der Waals surface area contributed by atoms with Crippen molar-refractivity contribution < 1.29 is 4.79 Å². The van der Waals surface area contributed by atoms with Crippen molar-refractivity contribution in [1.29, 1.82) is 0 Å². The number of rotatable bonds is 1. The molecule has 0 spiro atoms. The Bertz CT molecular complexity index is 392. The fraction of sp³-hybridized carbons (Fsp3) is 0.500. The Morgan fingerprint density at radius 1 is 1.29 bits per heavy atom. The number of anilines is 1. The van der Waals surface area contributed by atoms with Gasteiger partial charge in [0.05, 0.1) is 0 Å². The molecule has 2 nitrogen and oxygen atoms in total. The number of para-hydroxylation sites is 1. The Morgan fingerprint density at radius 2 is 1.88 bits per heavy atom. The molecule has 2 rings (SSSR count). The van der Waals surface area contributed by atoms with Crippen molar-refractivity contribution in [2.75, 3.05) is 10.8 Å². The van der Waals surface area contributed by atoms with Gasteiger partial charge < -0.3 is 4.90 Å². The maximum Gasteiger partial charge on any atom is 0.242 e. The number of benzene rings is 1. The molecule has 1 amide bonds. The van der Waals surface area contributed by atoms with Gasteiger partial charge in [0.25, 0.3) is 0 Å². The van der Waals surface area contributed by atoms with Gasteiger partial charge in [0.1, 0.15) is 5.88 Å². The van der Waals surface area contributed by atoms with Crippen LogP contribution in [0.1, 0.15) is 39.2 Å². The third-order valence-corrected chi connectivity index (χ3v) is 3.43. The Labute approximate surface area is 109 Å². The molecule has 94 valence electrons. The van der Waals surface area contributed by atoms with Gasteiger partial charge >= 0.3 is 0 Å². The average molecular weight is 254 g/mol. The number of hydrogen-bond acceptors (Lipinski definition) is 1. The molecule has 0 radical (unpaired) electrons. The SMILES string of the molecule is CC.CC1c2ccccc2N(C(=O)CCl)C1C. The molecule has 0 fully saturated rings. The second-order valence-corrected chi connectivity index (χ2v) is 4.25. The molecule has 3 heteroatoms. The molecular weight excluding hydrogens is 234 g/mol. The minimum absolute atomic E-state index is 0.0130. The van der Waals surface area contributed by atoms with Crippen LogP contribution in [0.15, 0.2) is 24.3 Å². The van der Waals surface area contributed by atoms with E-state index in [1.807, 2.05) is 36.9 Å². The van der Waals surface area contributed by atoms with Crippen molar-refractivity contribution in [2.24, 2.45) is 0 Å². The van der Waals surface area contributed by atoms with Gasteiger partial charge in [-0.15, -0.1) is 11.6 Å². The molecule has 1 aromatic carbocycles. The lowest BCUT2D eigenvalue weighted by atomic mass is 9.98. The van der Waals surface area contributed by atoms with E-state index in [-0.39, 0.29) is 17.8 Å². The molecule has 2 atom stereocenters. The first-order valence-corrected chi connectivity index (χ1v) is 6.67. The van der Waals surface area contributed by atoms with Crippen molar-refractivity contribution in [1.82, 2.24) is 0 Å². The molecule has 1 aliphatic rings. The Hall–Kier alpha value is -1.02. The van der Waals surface area contributed by atoms with Crippen LogP contribution in [-0.2, 0) is 4.79 Å². The molecule has 0 saturated carbocycles. The highest BCUT2D eigenvalue weighted by molar-refractivity contribution is 6.29. The smallest absolute Gasteiger partial charge is 0.242 e. The highest BCUT2D eigenvalue weighted by Crippen LogP contribution is 2.40. The van der Waals surface area contributed by atoms with Crippen molar-refractivity contribution in [3.63, 3.8) is 0 Å².